The van der Waals surface area contributed by atoms with Crippen LogP contribution in [0.4, 0.5) is 11.4 Å². The fraction of sp³-hybridized carbons (Fsp3) is 0.286. The summed E-state index contributed by atoms with van der Waals surface area (Å²) in [6, 6.07) is 5.11. The van der Waals surface area contributed by atoms with Crippen molar-refractivity contribution in [3.05, 3.63) is 34.3 Å². The Kier molecular flexibility index (Phi) is 8.22. The second kappa shape index (κ2) is 8.82. The minimum Gasteiger partial charge on any atom is -0.495 e. The molecule has 3 N–H and O–H groups in total. The fourth-order valence-electron chi connectivity index (χ4n) is 1.66. The van der Waals surface area contributed by atoms with Crippen LogP contribution >= 0.6 is 36.2 Å². The van der Waals surface area contributed by atoms with Crippen molar-refractivity contribution < 1.29 is 9.53 Å². The van der Waals surface area contributed by atoms with Crippen molar-refractivity contribution in [3.8, 4) is 5.75 Å². The SMILES string of the molecule is COc1ccc(NC(=O)c2csc(C(C)C)n2)cc1N.Cl.Cl. The van der Waals surface area contributed by atoms with Crippen LogP contribution < -0.4 is 15.8 Å². The third kappa shape index (κ3) is 4.76. The Labute approximate surface area is 146 Å². The maximum Gasteiger partial charge on any atom is 0.275 e. The zero-order chi connectivity index (χ0) is 14.7. The van der Waals surface area contributed by atoms with Gasteiger partial charge in [0.25, 0.3) is 5.91 Å². The largest absolute Gasteiger partial charge is 0.495 e. The molecule has 1 aromatic heterocycles. The molecule has 122 valence electrons. The van der Waals surface area contributed by atoms with Gasteiger partial charge in [0.1, 0.15) is 11.4 Å². The first-order chi connectivity index (χ1) is 9.51. The molecule has 0 saturated heterocycles. The number of ether oxygens (including phenoxy) is 1. The van der Waals surface area contributed by atoms with Gasteiger partial charge in [-0.05, 0) is 18.2 Å². The Morgan fingerprint density at radius 3 is 2.55 bits per heavy atom. The molecular formula is C14H19Cl2N3O2S. The molecule has 0 fully saturated rings. The number of carbonyl (C=O) groups is 1. The second-order valence-corrected chi connectivity index (χ2v) is 5.53. The number of halogens is 2. The summed E-state index contributed by atoms with van der Waals surface area (Å²) >= 11 is 1.49. The first-order valence-corrected chi connectivity index (χ1v) is 7.09. The molecule has 5 nitrogen and oxygen atoms in total. The number of hydrogen-bond acceptors (Lipinski definition) is 5. The zero-order valence-corrected chi connectivity index (χ0v) is 14.9. The van der Waals surface area contributed by atoms with Gasteiger partial charge < -0.3 is 15.8 Å². The molecule has 0 aliphatic rings. The molecule has 0 atom stereocenters. The van der Waals surface area contributed by atoms with Crippen molar-refractivity contribution in [1.29, 1.82) is 0 Å². The molecule has 1 aromatic carbocycles. The number of thiazole rings is 1. The summed E-state index contributed by atoms with van der Waals surface area (Å²) in [5, 5.41) is 5.48. The van der Waals surface area contributed by atoms with E-state index < -0.39 is 0 Å². The quantitative estimate of drug-likeness (QED) is 0.806. The number of nitrogens with two attached hydrogens (primary N) is 1. The van der Waals surface area contributed by atoms with E-state index in [1.807, 2.05) is 13.8 Å². The molecule has 1 heterocycles. The molecule has 0 unspecified atom stereocenters. The lowest BCUT2D eigenvalue weighted by atomic mass is 10.2. The lowest BCUT2D eigenvalue weighted by molar-refractivity contribution is 0.102. The lowest BCUT2D eigenvalue weighted by Crippen LogP contribution is -2.12. The van der Waals surface area contributed by atoms with E-state index in [4.69, 9.17) is 10.5 Å². The Balaban J connectivity index is 0.00000220. The van der Waals surface area contributed by atoms with Crippen LogP contribution in [0.5, 0.6) is 5.75 Å². The number of benzene rings is 1. The van der Waals surface area contributed by atoms with Crippen LogP contribution in [-0.4, -0.2) is 18.0 Å². The van der Waals surface area contributed by atoms with Crippen molar-refractivity contribution in [2.75, 3.05) is 18.2 Å². The van der Waals surface area contributed by atoms with Crippen LogP contribution in [0.1, 0.15) is 35.3 Å². The van der Waals surface area contributed by atoms with Gasteiger partial charge in [-0.3, -0.25) is 4.79 Å². The van der Waals surface area contributed by atoms with Gasteiger partial charge in [0.05, 0.1) is 17.8 Å². The summed E-state index contributed by atoms with van der Waals surface area (Å²) in [4.78, 5) is 16.4. The molecule has 2 aromatic rings. The third-order valence-electron chi connectivity index (χ3n) is 2.74. The number of nitrogens with one attached hydrogen (secondary N) is 1. The Morgan fingerprint density at radius 2 is 2.05 bits per heavy atom. The molecule has 2 rings (SSSR count). The summed E-state index contributed by atoms with van der Waals surface area (Å²) in [5.74, 6) is 0.662. The van der Waals surface area contributed by atoms with Gasteiger partial charge in [-0.25, -0.2) is 4.98 Å². The van der Waals surface area contributed by atoms with Crippen LogP contribution in [-0.2, 0) is 0 Å². The Hall–Kier alpha value is -1.50. The van der Waals surface area contributed by atoms with E-state index in [0.717, 1.165) is 5.01 Å². The van der Waals surface area contributed by atoms with Crippen LogP contribution in [0.25, 0.3) is 0 Å². The maximum atomic E-state index is 12.1. The maximum absolute atomic E-state index is 12.1. The second-order valence-electron chi connectivity index (χ2n) is 4.64. The van der Waals surface area contributed by atoms with Crippen molar-refractivity contribution in [2.24, 2.45) is 0 Å². The normalized spacial score (nSPS) is 9.64. The monoisotopic (exact) mass is 363 g/mol. The molecule has 0 radical (unpaired) electrons. The predicted molar refractivity (Wildman–Crippen MR) is 96.1 cm³/mol. The standard InChI is InChI=1S/C14H17N3O2S.2ClH/c1-8(2)14-17-11(7-20-14)13(18)16-9-4-5-12(19-3)10(15)6-9;;/h4-8H,15H2,1-3H3,(H,16,18);2*1H. The minimum atomic E-state index is -0.238. The van der Waals surface area contributed by atoms with Gasteiger partial charge in [0, 0.05) is 17.0 Å². The average molecular weight is 364 g/mol. The number of nitrogen functional groups attached to an aromatic ring is 1. The highest BCUT2D eigenvalue weighted by Gasteiger charge is 2.13. The number of methoxy groups -OCH3 is 1. The third-order valence-corrected chi connectivity index (χ3v) is 3.88. The molecule has 22 heavy (non-hydrogen) atoms. The summed E-state index contributed by atoms with van der Waals surface area (Å²) in [5.41, 5.74) is 7.32. The average Bonchev–Trinajstić information content (AvgIpc) is 2.88. The van der Waals surface area contributed by atoms with Gasteiger partial charge in [-0.1, -0.05) is 13.8 Å². The molecular weight excluding hydrogens is 345 g/mol. The minimum absolute atomic E-state index is 0. The summed E-state index contributed by atoms with van der Waals surface area (Å²) < 4.78 is 5.07. The smallest absolute Gasteiger partial charge is 0.275 e. The van der Waals surface area contributed by atoms with Crippen molar-refractivity contribution >= 4 is 53.4 Å². The lowest BCUT2D eigenvalue weighted by Gasteiger charge is -2.07. The van der Waals surface area contributed by atoms with E-state index >= 15 is 0 Å². The van der Waals surface area contributed by atoms with E-state index in [1.165, 1.54) is 11.3 Å². The zero-order valence-electron chi connectivity index (χ0n) is 12.5. The number of anilines is 2. The van der Waals surface area contributed by atoms with Crippen molar-refractivity contribution in [1.82, 2.24) is 4.98 Å². The van der Waals surface area contributed by atoms with Crippen LogP contribution in [0.3, 0.4) is 0 Å². The number of hydrogen-bond donors (Lipinski definition) is 2. The van der Waals surface area contributed by atoms with Gasteiger partial charge in [0.2, 0.25) is 0 Å². The Morgan fingerprint density at radius 1 is 1.36 bits per heavy atom. The summed E-state index contributed by atoms with van der Waals surface area (Å²) in [6.45, 7) is 4.09. The van der Waals surface area contributed by atoms with E-state index in [0.29, 0.717) is 28.7 Å². The molecule has 0 aliphatic carbocycles. The van der Waals surface area contributed by atoms with E-state index in [2.05, 4.69) is 10.3 Å². The molecule has 0 aliphatic heterocycles. The van der Waals surface area contributed by atoms with Crippen molar-refractivity contribution in [2.45, 2.75) is 19.8 Å². The highest BCUT2D eigenvalue weighted by Crippen LogP contribution is 2.25. The van der Waals surface area contributed by atoms with Gasteiger partial charge in [-0.15, -0.1) is 36.2 Å². The van der Waals surface area contributed by atoms with Crippen LogP contribution in [0, 0.1) is 0 Å². The molecule has 0 bridgehead atoms. The number of aromatic nitrogens is 1. The summed E-state index contributed by atoms with van der Waals surface area (Å²) in [6.07, 6.45) is 0. The van der Waals surface area contributed by atoms with Gasteiger partial charge >= 0.3 is 0 Å². The molecule has 0 saturated carbocycles. The van der Waals surface area contributed by atoms with E-state index in [9.17, 15) is 4.79 Å². The first kappa shape index (κ1) is 20.5. The summed E-state index contributed by atoms with van der Waals surface area (Å²) in [7, 11) is 1.55. The van der Waals surface area contributed by atoms with Crippen LogP contribution in [0.2, 0.25) is 0 Å². The van der Waals surface area contributed by atoms with E-state index in [1.54, 1.807) is 30.7 Å². The number of rotatable bonds is 4. The molecule has 0 spiro atoms. The molecule has 1 amide bonds. The fourth-order valence-corrected chi connectivity index (χ4v) is 2.48. The Bertz CT molecular complexity index is 632. The number of amides is 1. The van der Waals surface area contributed by atoms with Gasteiger partial charge in [-0.2, -0.15) is 0 Å². The highest BCUT2D eigenvalue weighted by molar-refractivity contribution is 7.09. The number of carbonyl (C=O) groups excluding carboxylic acids is 1. The molecule has 8 heteroatoms. The van der Waals surface area contributed by atoms with Crippen molar-refractivity contribution in [3.63, 3.8) is 0 Å². The van der Waals surface area contributed by atoms with Gasteiger partial charge in [0.15, 0.2) is 0 Å². The predicted octanol–water partition coefficient (Wildman–Crippen LogP) is 3.95. The topological polar surface area (TPSA) is 77.2 Å². The highest BCUT2D eigenvalue weighted by atomic mass is 35.5. The van der Waals surface area contributed by atoms with Crippen LogP contribution in [0.15, 0.2) is 23.6 Å². The van der Waals surface area contributed by atoms with E-state index in [-0.39, 0.29) is 30.7 Å². The first-order valence-electron chi connectivity index (χ1n) is 6.21. The number of nitrogens with zero attached hydrogens (tertiary/aromatic N) is 1.